The van der Waals surface area contributed by atoms with Crippen LogP contribution in [0.2, 0.25) is 0 Å². The summed E-state index contributed by atoms with van der Waals surface area (Å²) in [5.41, 5.74) is 0.0544. The van der Waals surface area contributed by atoms with E-state index in [1.807, 2.05) is 14.0 Å². The van der Waals surface area contributed by atoms with Crippen molar-refractivity contribution in [1.82, 2.24) is 5.32 Å². The van der Waals surface area contributed by atoms with E-state index in [9.17, 15) is 10.1 Å². The third-order valence-corrected chi connectivity index (χ3v) is 2.12. The molecule has 0 radical (unpaired) electrons. The van der Waals surface area contributed by atoms with Gasteiger partial charge in [-0.1, -0.05) is 13.0 Å². The molecule has 16 heavy (non-hydrogen) atoms. The predicted octanol–water partition coefficient (Wildman–Crippen LogP) is 1.83. The molecule has 0 aliphatic carbocycles. The Hall–Kier alpha value is -1.62. The van der Waals surface area contributed by atoms with Crippen molar-refractivity contribution in [2.45, 2.75) is 6.92 Å². The van der Waals surface area contributed by atoms with E-state index in [2.05, 4.69) is 5.32 Å². The molecule has 1 aromatic rings. The van der Waals surface area contributed by atoms with E-state index in [0.717, 1.165) is 6.54 Å². The van der Waals surface area contributed by atoms with Gasteiger partial charge in [0.2, 0.25) is 0 Å². The largest absolute Gasteiger partial charge is 0.493 e. The fraction of sp³-hybridized carbons (Fsp3) is 0.455. The zero-order valence-electron chi connectivity index (χ0n) is 9.47. The molecule has 0 saturated carbocycles. The highest BCUT2D eigenvalue weighted by Gasteiger charge is 2.07. The molecule has 0 bridgehead atoms. The number of nitro benzene ring substituents is 1. The Bertz CT molecular complexity index is 355. The zero-order chi connectivity index (χ0) is 12.0. The number of non-ortho nitro benzene ring substituents is 1. The van der Waals surface area contributed by atoms with E-state index < -0.39 is 4.92 Å². The molecule has 0 heterocycles. The summed E-state index contributed by atoms with van der Waals surface area (Å²) >= 11 is 0. The number of nitro groups is 1. The van der Waals surface area contributed by atoms with Crippen LogP contribution in [0, 0.1) is 16.0 Å². The number of hydrogen-bond acceptors (Lipinski definition) is 4. The van der Waals surface area contributed by atoms with Crippen LogP contribution < -0.4 is 10.1 Å². The lowest BCUT2D eigenvalue weighted by molar-refractivity contribution is -0.384. The van der Waals surface area contributed by atoms with Crippen LogP contribution in [-0.2, 0) is 0 Å². The quantitative estimate of drug-likeness (QED) is 0.591. The second kappa shape index (κ2) is 6.07. The van der Waals surface area contributed by atoms with Crippen LogP contribution in [0.15, 0.2) is 24.3 Å². The Morgan fingerprint density at radius 3 is 2.94 bits per heavy atom. The monoisotopic (exact) mass is 224 g/mol. The number of nitrogens with one attached hydrogen (secondary N) is 1. The molecule has 1 atom stereocenters. The Morgan fingerprint density at radius 2 is 2.31 bits per heavy atom. The zero-order valence-corrected chi connectivity index (χ0v) is 9.47. The van der Waals surface area contributed by atoms with Crippen molar-refractivity contribution < 1.29 is 9.66 Å². The van der Waals surface area contributed by atoms with E-state index in [0.29, 0.717) is 18.3 Å². The summed E-state index contributed by atoms with van der Waals surface area (Å²) in [5.74, 6) is 0.904. The molecule has 1 aromatic carbocycles. The summed E-state index contributed by atoms with van der Waals surface area (Å²) in [7, 11) is 1.88. The lowest BCUT2D eigenvalue weighted by Gasteiger charge is -2.12. The van der Waals surface area contributed by atoms with Crippen LogP contribution in [-0.4, -0.2) is 25.1 Å². The van der Waals surface area contributed by atoms with Crippen molar-refractivity contribution in [3.05, 3.63) is 34.4 Å². The smallest absolute Gasteiger partial charge is 0.273 e. The Morgan fingerprint density at radius 1 is 1.56 bits per heavy atom. The van der Waals surface area contributed by atoms with Gasteiger partial charge in [0.1, 0.15) is 5.75 Å². The van der Waals surface area contributed by atoms with Gasteiger partial charge >= 0.3 is 0 Å². The van der Waals surface area contributed by atoms with Crippen molar-refractivity contribution >= 4 is 5.69 Å². The highest BCUT2D eigenvalue weighted by Crippen LogP contribution is 2.19. The van der Waals surface area contributed by atoms with E-state index in [4.69, 9.17) is 4.74 Å². The van der Waals surface area contributed by atoms with E-state index in [1.54, 1.807) is 12.1 Å². The molecular formula is C11H16N2O3. The minimum absolute atomic E-state index is 0.0544. The SMILES string of the molecule is CNCC(C)COc1cccc([N+](=O)[O-])c1. The molecule has 1 unspecified atom stereocenters. The second-order valence-corrected chi connectivity index (χ2v) is 3.73. The van der Waals surface area contributed by atoms with E-state index >= 15 is 0 Å². The first-order valence-electron chi connectivity index (χ1n) is 5.15. The maximum Gasteiger partial charge on any atom is 0.273 e. The van der Waals surface area contributed by atoms with Gasteiger partial charge in [0, 0.05) is 18.5 Å². The van der Waals surface area contributed by atoms with Gasteiger partial charge in [-0.05, 0) is 13.1 Å². The van der Waals surface area contributed by atoms with Gasteiger partial charge in [-0.2, -0.15) is 0 Å². The number of nitrogens with zero attached hydrogens (tertiary/aromatic N) is 1. The van der Waals surface area contributed by atoms with Gasteiger partial charge in [0.15, 0.2) is 0 Å². The highest BCUT2D eigenvalue weighted by atomic mass is 16.6. The molecule has 0 aliphatic rings. The molecule has 1 rings (SSSR count). The van der Waals surface area contributed by atoms with Crippen molar-refractivity contribution in [1.29, 1.82) is 0 Å². The molecule has 1 N–H and O–H groups in total. The lowest BCUT2D eigenvalue weighted by Crippen LogP contribution is -2.21. The van der Waals surface area contributed by atoms with Crippen molar-refractivity contribution in [2.75, 3.05) is 20.2 Å². The summed E-state index contributed by atoms with van der Waals surface area (Å²) in [6, 6.07) is 6.23. The summed E-state index contributed by atoms with van der Waals surface area (Å²) < 4.78 is 5.47. The number of rotatable bonds is 6. The van der Waals surface area contributed by atoms with E-state index in [1.165, 1.54) is 12.1 Å². The molecule has 0 aromatic heterocycles. The molecular weight excluding hydrogens is 208 g/mol. The molecule has 0 spiro atoms. The van der Waals surface area contributed by atoms with E-state index in [-0.39, 0.29) is 5.69 Å². The molecule has 0 aliphatic heterocycles. The van der Waals surface area contributed by atoms with Crippen LogP contribution in [0.5, 0.6) is 5.75 Å². The number of hydrogen-bond donors (Lipinski definition) is 1. The minimum Gasteiger partial charge on any atom is -0.493 e. The van der Waals surface area contributed by atoms with Crippen molar-refractivity contribution in [3.8, 4) is 5.75 Å². The molecule has 5 heteroatoms. The Kier molecular flexibility index (Phi) is 4.72. The molecule has 0 amide bonds. The maximum atomic E-state index is 10.5. The molecule has 88 valence electrons. The highest BCUT2D eigenvalue weighted by molar-refractivity contribution is 5.37. The first-order chi connectivity index (χ1) is 7.63. The van der Waals surface area contributed by atoms with Crippen LogP contribution in [0.1, 0.15) is 6.92 Å². The molecule has 0 fully saturated rings. The first kappa shape index (κ1) is 12.4. The Balaban J connectivity index is 2.54. The molecule has 0 saturated heterocycles. The summed E-state index contributed by atoms with van der Waals surface area (Å²) in [6.45, 7) is 3.45. The van der Waals surface area contributed by atoms with Crippen LogP contribution in [0.25, 0.3) is 0 Å². The van der Waals surface area contributed by atoms with Gasteiger partial charge in [0.25, 0.3) is 5.69 Å². The number of benzene rings is 1. The third-order valence-electron chi connectivity index (χ3n) is 2.12. The topological polar surface area (TPSA) is 64.4 Å². The summed E-state index contributed by atoms with van der Waals surface area (Å²) in [5, 5.41) is 13.6. The van der Waals surface area contributed by atoms with Crippen molar-refractivity contribution in [2.24, 2.45) is 5.92 Å². The van der Waals surface area contributed by atoms with Gasteiger partial charge in [-0.3, -0.25) is 10.1 Å². The lowest BCUT2D eigenvalue weighted by atomic mass is 10.2. The minimum atomic E-state index is -0.427. The average Bonchev–Trinajstić information content (AvgIpc) is 2.27. The second-order valence-electron chi connectivity index (χ2n) is 3.73. The number of ether oxygens (including phenoxy) is 1. The summed E-state index contributed by atoms with van der Waals surface area (Å²) in [6.07, 6.45) is 0. The average molecular weight is 224 g/mol. The van der Waals surface area contributed by atoms with Gasteiger partial charge in [-0.15, -0.1) is 0 Å². The Labute approximate surface area is 94.6 Å². The van der Waals surface area contributed by atoms with Crippen LogP contribution in [0.4, 0.5) is 5.69 Å². The van der Waals surface area contributed by atoms with Gasteiger partial charge in [0.05, 0.1) is 17.6 Å². The first-order valence-corrected chi connectivity index (χ1v) is 5.15. The van der Waals surface area contributed by atoms with Gasteiger partial charge in [-0.25, -0.2) is 0 Å². The van der Waals surface area contributed by atoms with Gasteiger partial charge < -0.3 is 10.1 Å². The normalized spacial score (nSPS) is 12.1. The summed E-state index contributed by atoms with van der Waals surface area (Å²) in [4.78, 5) is 10.1. The fourth-order valence-electron chi connectivity index (χ4n) is 1.33. The third kappa shape index (κ3) is 3.86. The van der Waals surface area contributed by atoms with Crippen molar-refractivity contribution in [3.63, 3.8) is 0 Å². The predicted molar refractivity (Wildman–Crippen MR) is 61.7 cm³/mol. The van der Waals surface area contributed by atoms with Crippen LogP contribution >= 0.6 is 0 Å². The molecule has 5 nitrogen and oxygen atoms in total. The standard InChI is InChI=1S/C11H16N2O3/c1-9(7-12-2)8-16-11-5-3-4-10(6-11)13(14)15/h3-6,9,12H,7-8H2,1-2H3. The fourth-order valence-corrected chi connectivity index (χ4v) is 1.33. The maximum absolute atomic E-state index is 10.5. The van der Waals surface area contributed by atoms with Crippen LogP contribution in [0.3, 0.4) is 0 Å².